The third-order valence-electron chi connectivity index (χ3n) is 1.30. The molecular formula is C8H9ClN2O. The molecule has 4 heteroatoms. The van der Waals surface area contributed by atoms with Gasteiger partial charge in [-0.15, -0.1) is 0 Å². The molecule has 0 saturated carbocycles. The summed E-state index contributed by atoms with van der Waals surface area (Å²) in [6.07, 6.45) is 1.63. The van der Waals surface area contributed by atoms with E-state index < -0.39 is 0 Å². The van der Waals surface area contributed by atoms with Gasteiger partial charge < -0.3 is 4.74 Å². The number of rotatable bonds is 1. The molecule has 0 radical (unpaired) electrons. The van der Waals surface area contributed by atoms with Crippen molar-refractivity contribution in [2.45, 2.75) is 6.92 Å². The van der Waals surface area contributed by atoms with Crippen molar-refractivity contribution in [2.24, 2.45) is 4.99 Å². The number of pyridine rings is 1. The van der Waals surface area contributed by atoms with E-state index >= 15 is 0 Å². The highest BCUT2D eigenvalue weighted by Crippen LogP contribution is 2.20. The Bertz CT molecular complexity index is 299. The summed E-state index contributed by atoms with van der Waals surface area (Å²) in [5.74, 6) is 1.02. The molecule has 1 aromatic rings. The van der Waals surface area contributed by atoms with Crippen molar-refractivity contribution in [1.82, 2.24) is 4.98 Å². The average Bonchev–Trinajstić information content (AvgIpc) is 2.09. The fourth-order valence-electron chi connectivity index (χ4n) is 0.654. The fourth-order valence-corrected chi connectivity index (χ4v) is 0.818. The van der Waals surface area contributed by atoms with Crippen molar-refractivity contribution >= 4 is 23.3 Å². The van der Waals surface area contributed by atoms with E-state index in [1.165, 1.54) is 0 Å². The summed E-state index contributed by atoms with van der Waals surface area (Å²) in [6, 6.07) is 3.49. The maximum absolute atomic E-state index is 5.80. The second-order valence-electron chi connectivity index (χ2n) is 2.14. The summed E-state index contributed by atoms with van der Waals surface area (Å²) in [5, 5.41) is 0.522. The summed E-state index contributed by atoms with van der Waals surface area (Å²) in [6.45, 7) is 1.74. The highest BCUT2D eigenvalue weighted by atomic mass is 35.5. The maximum Gasteiger partial charge on any atom is 0.186 e. The van der Waals surface area contributed by atoms with Crippen LogP contribution < -0.4 is 0 Å². The van der Waals surface area contributed by atoms with Crippen LogP contribution in [0, 0.1) is 0 Å². The number of methoxy groups -OCH3 is 1. The third-order valence-corrected chi connectivity index (χ3v) is 1.59. The highest BCUT2D eigenvalue weighted by Gasteiger charge is 1.97. The normalized spacial score (nSPS) is 11.4. The number of aliphatic imine (C=N–C) groups is 1. The maximum atomic E-state index is 5.80. The third kappa shape index (κ3) is 2.20. The van der Waals surface area contributed by atoms with Crippen LogP contribution in [0.15, 0.2) is 23.3 Å². The zero-order valence-corrected chi connectivity index (χ0v) is 7.67. The van der Waals surface area contributed by atoms with Crippen molar-refractivity contribution in [1.29, 1.82) is 0 Å². The van der Waals surface area contributed by atoms with Gasteiger partial charge in [0.1, 0.15) is 0 Å². The molecule has 0 aromatic carbocycles. The first-order valence-corrected chi connectivity index (χ1v) is 3.81. The van der Waals surface area contributed by atoms with Crippen molar-refractivity contribution in [2.75, 3.05) is 7.11 Å². The van der Waals surface area contributed by atoms with Crippen LogP contribution >= 0.6 is 11.6 Å². The van der Waals surface area contributed by atoms with Crippen LogP contribution in [0.25, 0.3) is 0 Å². The van der Waals surface area contributed by atoms with Gasteiger partial charge in [0.15, 0.2) is 11.7 Å². The molecule has 0 bridgehead atoms. The number of nitrogens with zero attached hydrogens (tertiary/aromatic N) is 2. The molecule has 0 spiro atoms. The van der Waals surface area contributed by atoms with Gasteiger partial charge in [-0.2, -0.15) is 4.99 Å². The van der Waals surface area contributed by atoms with Crippen LogP contribution in [0.5, 0.6) is 0 Å². The van der Waals surface area contributed by atoms with Gasteiger partial charge in [-0.1, -0.05) is 11.6 Å². The molecule has 0 N–H and O–H groups in total. The number of hydrogen-bond donors (Lipinski definition) is 0. The quantitative estimate of drug-likeness (QED) is 0.496. The Morgan fingerprint density at radius 3 is 3.00 bits per heavy atom. The first-order chi connectivity index (χ1) is 5.74. The van der Waals surface area contributed by atoms with E-state index in [0.717, 1.165) is 0 Å². The van der Waals surface area contributed by atoms with Crippen molar-refractivity contribution in [3.05, 3.63) is 23.4 Å². The van der Waals surface area contributed by atoms with Crippen LogP contribution in [-0.2, 0) is 4.74 Å². The minimum atomic E-state index is 0.485. The molecule has 64 valence electrons. The molecule has 0 unspecified atom stereocenters. The Hall–Kier alpha value is -1.09. The standard InChI is InChI=1S/C8H9ClN2O/c1-6(12-2)11-8-7(9)4-3-5-10-8/h3-5H,1-2H3/b11-6+. The summed E-state index contributed by atoms with van der Waals surface area (Å²) in [7, 11) is 1.55. The van der Waals surface area contributed by atoms with Gasteiger partial charge in [0.25, 0.3) is 0 Å². The average molecular weight is 185 g/mol. The van der Waals surface area contributed by atoms with E-state index in [2.05, 4.69) is 9.98 Å². The molecule has 0 saturated heterocycles. The Morgan fingerprint density at radius 1 is 1.67 bits per heavy atom. The van der Waals surface area contributed by atoms with E-state index in [-0.39, 0.29) is 0 Å². The van der Waals surface area contributed by atoms with E-state index in [1.807, 2.05) is 0 Å². The molecule has 3 nitrogen and oxygen atoms in total. The van der Waals surface area contributed by atoms with Gasteiger partial charge in [-0.3, -0.25) is 0 Å². The Kier molecular flexibility index (Phi) is 3.05. The van der Waals surface area contributed by atoms with Crippen LogP contribution in [0.2, 0.25) is 5.02 Å². The lowest BCUT2D eigenvalue weighted by molar-refractivity contribution is 0.400. The lowest BCUT2D eigenvalue weighted by atomic mass is 10.5. The summed E-state index contributed by atoms with van der Waals surface area (Å²) < 4.78 is 4.86. The van der Waals surface area contributed by atoms with Gasteiger partial charge >= 0.3 is 0 Å². The van der Waals surface area contributed by atoms with Crippen molar-refractivity contribution in [3.63, 3.8) is 0 Å². The largest absolute Gasteiger partial charge is 0.484 e. The Labute approximate surface area is 76.1 Å². The van der Waals surface area contributed by atoms with Gasteiger partial charge in [-0.05, 0) is 12.1 Å². The number of hydrogen-bond acceptors (Lipinski definition) is 3. The monoisotopic (exact) mass is 184 g/mol. The molecule has 1 aromatic heterocycles. The molecule has 1 heterocycles. The molecule has 12 heavy (non-hydrogen) atoms. The van der Waals surface area contributed by atoms with Gasteiger partial charge in [-0.25, -0.2) is 4.98 Å². The van der Waals surface area contributed by atoms with Gasteiger partial charge in [0, 0.05) is 13.1 Å². The van der Waals surface area contributed by atoms with Crippen molar-refractivity contribution < 1.29 is 4.74 Å². The Morgan fingerprint density at radius 2 is 2.42 bits per heavy atom. The van der Waals surface area contributed by atoms with Crippen LogP contribution in [0.4, 0.5) is 5.82 Å². The zero-order chi connectivity index (χ0) is 8.97. The lowest BCUT2D eigenvalue weighted by Gasteiger charge is -1.98. The molecule has 0 aliphatic rings. The smallest absolute Gasteiger partial charge is 0.186 e. The Balaban J connectivity index is 2.96. The van der Waals surface area contributed by atoms with Gasteiger partial charge in [0.2, 0.25) is 0 Å². The number of aromatic nitrogens is 1. The van der Waals surface area contributed by atoms with E-state index in [0.29, 0.717) is 16.7 Å². The second kappa shape index (κ2) is 4.07. The highest BCUT2D eigenvalue weighted by molar-refractivity contribution is 6.32. The predicted octanol–water partition coefficient (Wildman–Crippen LogP) is 2.43. The van der Waals surface area contributed by atoms with Crippen LogP contribution in [0.3, 0.4) is 0 Å². The minimum absolute atomic E-state index is 0.485. The predicted molar refractivity (Wildman–Crippen MR) is 49.0 cm³/mol. The summed E-state index contributed by atoms with van der Waals surface area (Å²) in [5.41, 5.74) is 0. The van der Waals surface area contributed by atoms with E-state index in [4.69, 9.17) is 16.3 Å². The zero-order valence-electron chi connectivity index (χ0n) is 6.91. The second-order valence-corrected chi connectivity index (χ2v) is 2.55. The lowest BCUT2D eigenvalue weighted by Crippen LogP contribution is -1.92. The molecular weight excluding hydrogens is 176 g/mol. The molecule has 1 rings (SSSR count). The molecule has 0 aliphatic carbocycles. The molecule has 0 amide bonds. The first-order valence-electron chi connectivity index (χ1n) is 3.44. The number of halogens is 1. The molecule has 0 fully saturated rings. The van der Waals surface area contributed by atoms with E-state index in [1.54, 1.807) is 32.4 Å². The SMILES string of the molecule is CO/C(C)=N/c1ncccc1Cl. The first kappa shape index (κ1) is 9.00. The van der Waals surface area contributed by atoms with Gasteiger partial charge in [0.05, 0.1) is 12.1 Å². The number of ether oxygens (including phenoxy) is 1. The van der Waals surface area contributed by atoms with Crippen LogP contribution in [-0.4, -0.2) is 18.0 Å². The fraction of sp³-hybridized carbons (Fsp3) is 0.250. The summed E-state index contributed by atoms with van der Waals surface area (Å²) in [4.78, 5) is 8.00. The molecule has 0 aliphatic heterocycles. The molecule has 0 atom stereocenters. The van der Waals surface area contributed by atoms with Crippen LogP contribution in [0.1, 0.15) is 6.92 Å². The van der Waals surface area contributed by atoms with Crippen molar-refractivity contribution in [3.8, 4) is 0 Å². The summed E-state index contributed by atoms with van der Waals surface area (Å²) >= 11 is 5.80. The van der Waals surface area contributed by atoms with E-state index in [9.17, 15) is 0 Å². The topological polar surface area (TPSA) is 34.5 Å². The minimum Gasteiger partial charge on any atom is -0.484 e.